The third-order valence-electron chi connectivity index (χ3n) is 3.41. The van der Waals surface area contributed by atoms with E-state index in [1.807, 2.05) is 14.1 Å². The first-order chi connectivity index (χ1) is 8.88. The van der Waals surface area contributed by atoms with Crippen molar-refractivity contribution in [2.75, 3.05) is 27.2 Å². The zero-order valence-corrected chi connectivity index (χ0v) is 12.9. The van der Waals surface area contributed by atoms with Gasteiger partial charge in [0, 0.05) is 12.5 Å². The number of aliphatic hydroxyl groups excluding tert-OH is 1. The quantitative estimate of drug-likeness (QED) is 0.795. The summed E-state index contributed by atoms with van der Waals surface area (Å²) in [7, 11) is 4.00. The summed E-state index contributed by atoms with van der Waals surface area (Å²) in [6, 6.07) is 0. The van der Waals surface area contributed by atoms with E-state index in [9.17, 15) is 5.11 Å². The summed E-state index contributed by atoms with van der Waals surface area (Å²) >= 11 is 6.16. The molecule has 1 rings (SSSR count). The Labute approximate surface area is 120 Å². The van der Waals surface area contributed by atoms with Crippen LogP contribution in [0.3, 0.4) is 0 Å². The van der Waals surface area contributed by atoms with Crippen LogP contribution in [-0.2, 0) is 6.54 Å². The minimum Gasteiger partial charge on any atom is -0.386 e. The molecule has 0 saturated heterocycles. The van der Waals surface area contributed by atoms with Gasteiger partial charge in [-0.1, -0.05) is 25.4 Å². The van der Waals surface area contributed by atoms with Gasteiger partial charge in [-0.25, -0.2) is 0 Å². The molecule has 0 aliphatic rings. The van der Waals surface area contributed by atoms with Crippen LogP contribution in [0, 0.1) is 11.8 Å². The number of aromatic nitrogens is 2. The molecule has 0 aliphatic carbocycles. The summed E-state index contributed by atoms with van der Waals surface area (Å²) in [5.41, 5.74) is 6.44. The summed E-state index contributed by atoms with van der Waals surface area (Å²) in [6.07, 6.45) is 0.908. The summed E-state index contributed by atoms with van der Waals surface area (Å²) < 4.78 is 1.78. The standard InChI is InChI=1S/C13H25ClN4O/c1-9(2)10(7-15)13(19)12-11(14)8-16-18(12)6-5-17(3)4/h8-10,13,19H,5-7,15H2,1-4H3. The molecule has 0 bridgehead atoms. The van der Waals surface area contributed by atoms with E-state index in [4.69, 9.17) is 17.3 Å². The second-order valence-electron chi connectivity index (χ2n) is 5.49. The molecule has 1 heterocycles. The molecular weight excluding hydrogens is 264 g/mol. The average Bonchev–Trinajstić information content (AvgIpc) is 2.68. The van der Waals surface area contributed by atoms with Crippen LogP contribution in [0.4, 0.5) is 0 Å². The van der Waals surface area contributed by atoms with E-state index >= 15 is 0 Å². The van der Waals surface area contributed by atoms with E-state index in [1.54, 1.807) is 10.9 Å². The van der Waals surface area contributed by atoms with Gasteiger partial charge in [0.25, 0.3) is 0 Å². The highest BCUT2D eigenvalue weighted by Crippen LogP contribution is 2.31. The summed E-state index contributed by atoms with van der Waals surface area (Å²) in [5, 5.41) is 15.3. The lowest BCUT2D eigenvalue weighted by Crippen LogP contribution is -2.29. The molecule has 0 aliphatic heterocycles. The second kappa shape index (κ2) is 7.24. The molecule has 5 nitrogen and oxygen atoms in total. The van der Waals surface area contributed by atoms with Gasteiger partial charge in [-0.2, -0.15) is 5.10 Å². The first-order valence-corrected chi connectivity index (χ1v) is 7.00. The maximum atomic E-state index is 10.5. The van der Waals surface area contributed by atoms with Crippen LogP contribution in [-0.4, -0.2) is 47.0 Å². The van der Waals surface area contributed by atoms with E-state index in [2.05, 4.69) is 23.8 Å². The monoisotopic (exact) mass is 288 g/mol. The normalized spacial score (nSPS) is 15.2. The number of nitrogens with two attached hydrogens (primary N) is 1. The van der Waals surface area contributed by atoms with Crippen molar-refractivity contribution in [3.05, 3.63) is 16.9 Å². The smallest absolute Gasteiger partial charge is 0.101 e. The van der Waals surface area contributed by atoms with Crippen molar-refractivity contribution in [1.82, 2.24) is 14.7 Å². The minimum atomic E-state index is -0.679. The molecule has 110 valence electrons. The molecule has 1 aromatic heterocycles. The maximum Gasteiger partial charge on any atom is 0.101 e. The third-order valence-corrected chi connectivity index (χ3v) is 3.70. The zero-order chi connectivity index (χ0) is 14.6. The topological polar surface area (TPSA) is 67.3 Å². The van der Waals surface area contributed by atoms with Crippen molar-refractivity contribution >= 4 is 11.6 Å². The predicted octanol–water partition coefficient (Wildman–Crippen LogP) is 1.36. The summed E-state index contributed by atoms with van der Waals surface area (Å²) in [4.78, 5) is 2.06. The van der Waals surface area contributed by atoms with Crippen LogP contribution in [0.1, 0.15) is 25.6 Å². The molecular formula is C13H25ClN4O. The molecule has 0 spiro atoms. The Morgan fingerprint density at radius 1 is 1.47 bits per heavy atom. The summed E-state index contributed by atoms with van der Waals surface area (Å²) in [5.74, 6) is 0.264. The van der Waals surface area contributed by atoms with Gasteiger partial charge in [-0.05, 0) is 26.6 Å². The van der Waals surface area contributed by atoms with Crippen LogP contribution < -0.4 is 5.73 Å². The van der Waals surface area contributed by atoms with E-state index in [-0.39, 0.29) is 11.8 Å². The molecule has 2 unspecified atom stereocenters. The molecule has 0 radical (unpaired) electrons. The largest absolute Gasteiger partial charge is 0.386 e. The van der Waals surface area contributed by atoms with Crippen LogP contribution in [0.25, 0.3) is 0 Å². The molecule has 0 amide bonds. The molecule has 0 fully saturated rings. The number of hydrogen-bond acceptors (Lipinski definition) is 4. The van der Waals surface area contributed by atoms with Gasteiger partial charge in [-0.3, -0.25) is 4.68 Å². The minimum absolute atomic E-state index is 0.0210. The highest BCUT2D eigenvalue weighted by Gasteiger charge is 2.27. The van der Waals surface area contributed by atoms with Crippen molar-refractivity contribution < 1.29 is 5.11 Å². The van der Waals surface area contributed by atoms with Gasteiger partial charge in [-0.15, -0.1) is 0 Å². The number of aliphatic hydroxyl groups is 1. The van der Waals surface area contributed by atoms with E-state index in [0.29, 0.717) is 23.8 Å². The Kier molecular flexibility index (Phi) is 6.26. The van der Waals surface area contributed by atoms with Crippen molar-refractivity contribution in [3.63, 3.8) is 0 Å². The number of halogens is 1. The number of nitrogens with zero attached hydrogens (tertiary/aromatic N) is 3. The van der Waals surface area contributed by atoms with Crippen molar-refractivity contribution in [3.8, 4) is 0 Å². The Morgan fingerprint density at radius 3 is 2.58 bits per heavy atom. The molecule has 1 aromatic rings. The van der Waals surface area contributed by atoms with Gasteiger partial charge in [0.2, 0.25) is 0 Å². The fourth-order valence-electron chi connectivity index (χ4n) is 2.11. The highest BCUT2D eigenvalue weighted by molar-refractivity contribution is 6.31. The van der Waals surface area contributed by atoms with E-state index < -0.39 is 6.10 Å². The lowest BCUT2D eigenvalue weighted by molar-refractivity contribution is 0.0774. The van der Waals surface area contributed by atoms with Crippen LogP contribution in [0.2, 0.25) is 5.02 Å². The molecule has 6 heteroatoms. The first kappa shape index (κ1) is 16.4. The van der Waals surface area contributed by atoms with Crippen LogP contribution >= 0.6 is 11.6 Å². The molecule has 2 atom stereocenters. The van der Waals surface area contributed by atoms with Gasteiger partial charge in [0.05, 0.1) is 23.5 Å². The van der Waals surface area contributed by atoms with Crippen LogP contribution in [0.15, 0.2) is 6.20 Å². The summed E-state index contributed by atoms with van der Waals surface area (Å²) in [6.45, 7) is 6.06. The molecule has 0 saturated carbocycles. The molecule has 3 N–H and O–H groups in total. The van der Waals surface area contributed by atoms with Gasteiger partial charge in [0.1, 0.15) is 6.10 Å². The Balaban J connectivity index is 2.94. The van der Waals surface area contributed by atoms with Gasteiger partial charge >= 0.3 is 0 Å². The zero-order valence-electron chi connectivity index (χ0n) is 12.2. The maximum absolute atomic E-state index is 10.5. The van der Waals surface area contributed by atoms with Crippen molar-refractivity contribution in [2.24, 2.45) is 17.6 Å². The van der Waals surface area contributed by atoms with Gasteiger partial charge in [0.15, 0.2) is 0 Å². The fourth-order valence-corrected chi connectivity index (χ4v) is 2.36. The Bertz CT molecular complexity index is 392. The predicted molar refractivity (Wildman–Crippen MR) is 78.1 cm³/mol. The van der Waals surface area contributed by atoms with Crippen molar-refractivity contribution in [1.29, 1.82) is 0 Å². The van der Waals surface area contributed by atoms with Crippen LogP contribution in [0.5, 0.6) is 0 Å². The lowest BCUT2D eigenvalue weighted by Gasteiger charge is -2.26. The van der Waals surface area contributed by atoms with E-state index in [1.165, 1.54) is 0 Å². The van der Waals surface area contributed by atoms with Crippen molar-refractivity contribution in [2.45, 2.75) is 26.5 Å². The highest BCUT2D eigenvalue weighted by atomic mass is 35.5. The molecule has 0 aromatic carbocycles. The number of hydrogen-bond donors (Lipinski definition) is 2. The Hall–Kier alpha value is -0.620. The first-order valence-electron chi connectivity index (χ1n) is 6.62. The molecule has 19 heavy (non-hydrogen) atoms. The number of likely N-dealkylation sites (N-methyl/N-ethyl adjacent to an activating group) is 1. The lowest BCUT2D eigenvalue weighted by atomic mass is 9.88. The average molecular weight is 289 g/mol. The van der Waals surface area contributed by atoms with Gasteiger partial charge < -0.3 is 15.7 Å². The van der Waals surface area contributed by atoms with E-state index in [0.717, 1.165) is 6.54 Å². The third kappa shape index (κ3) is 4.18. The fraction of sp³-hybridized carbons (Fsp3) is 0.769. The SMILES string of the molecule is CC(C)C(CN)C(O)c1c(Cl)cnn1CCN(C)C. The number of rotatable bonds is 7. The Morgan fingerprint density at radius 2 is 2.11 bits per heavy atom. The second-order valence-corrected chi connectivity index (χ2v) is 5.90.